The summed E-state index contributed by atoms with van der Waals surface area (Å²) in [6.45, 7) is 8.13. The Morgan fingerprint density at radius 3 is 2.50 bits per heavy atom. The van der Waals surface area contributed by atoms with Gasteiger partial charge in [0.2, 0.25) is 5.88 Å². The quantitative estimate of drug-likeness (QED) is 0.806. The number of rotatable bonds is 3. The van der Waals surface area contributed by atoms with Crippen LogP contribution in [0, 0.1) is 0 Å². The molecule has 0 bridgehead atoms. The Morgan fingerprint density at radius 2 is 1.86 bits per heavy atom. The molecule has 1 aliphatic rings. The van der Waals surface area contributed by atoms with Crippen LogP contribution in [-0.2, 0) is 9.31 Å². The zero-order valence-corrected chi connectivity index (χ0v) is 13.5. The van der Waals surface area contributed by atoms with E-state index in [0.717, 1.165) is 11.2 Å². The van der Waals surface area contributed by atoms with E-state index in [4.69, 9.17) is 14.0 Å². The van der Waals surface area contributed by atoms with Gasteiger partial charge < -0.3 is 14.0 Å². The second-order valence-electron chi connectivity index (χ2n) is 6.36. The highest BCUT2D eigenvalue weighted by Gasteiger charge is 2.52. The molecule has 7 heteroatoms. The lowest BCUT2D eigenvalue weighted by Gasteiger charge is -2.32. The Balaban J connectivity index is 1.86. The number of aromatic nitrogens is 3. The van der Waals surface area contributed by atoms with Crippen molar-refractivity contribution in [3.63, 3.8) is 0 Å². The van der Waals surface area contributed by atoms with Gasteiger partial charge in [0, 0.05) is 30.1 Å². The van der Waals surface area contributed by atoms with Gasteiger partial charge in [0.25, 0.3) is 0 Å². The second-order valence-corrected chi connectivity index (χ2v) is 6.36. The van der Waals surface area contributed by atoms with Gasteiger partial charge in [-0.15, -0.1) is 0 Å². The molecule has 3 rings (SSSR count). The van der Waals surface area contributed by atoms with Gasteiger partial charge >= 0.3 is 7.12 Å². The van der Waals surface area contributed by atoms with Crippen LogP contribution in [0.15, 0.2) is 30.7 Å². The molecule has 0 atom stereocenters. The Morgan fingerprint density at radius 1 is 1.18 bits per heavy atom. The van der Waals surface area contributed by atoms with Crippen molar-refractivity contribution >= 4 is 12.6 Å². The molecular formula is C15H20BN3O3. The van der Waals surface area contributed by atoms with Crippen LogP contribution in [0.4, 0.5) is 0 Å². The third-order valence-electron chi connectivity index (χ3n) is 4.32. The largest absolute Gasteiger partial charge is 0.498 e. The molecule has 0 unspecified atom stereocenters. The van der Waals surface area contributed by atoms with Crippen molar-refractivity contribution in [1.29, 1.82) is 0 Å². The molecule has 1 fully saturated rings. The van der Waals surface area contributed by atoms with E-state index < -0.39 is 7.12 Å². The summed E-state index contributed by atoms with van der Waals surface area (Å²) in [5.74, 6) is 0.546. The molecule has 0 saturated carbocycles. The molecule has 1 aliphatic heterocycles. The first-order valence-electron chi connectivity index (χ1n) is 7.23. The number of hydrogen-bond acceptors (Lipinski definition) is 5. The maximum absolute atomic E-state index is 6.03. The molecule has 0 aromatic carbocycles. The first-order chi connectivity index (χ1) is 10.3. The molecule has 0 spiro atoms. The predicted octanol–water partition coefficient (Wildman–Crippen LogP) is 1.58. The topological polar surface area (TPSA) is 58.4 Å². The van der Waals surface area contributed by atoms with Crippen LogP contribution in [0.1, 0.15) is 27.7 Å². The van der Waals surface area contributed by atoms with Crippen molar-refractivity contribution in [2.24, 2.45) is 0 Å². The molecule has 6 nitrogen and oxygen atoms in total. The molecule has 0 aliphatic carbocycles. The molecule has 2 aromatic heterocycles. The Kier molecular flexibility index (Phi) is 3.49. The van der Waals surface area contributed by atoms with Crippen molar-refractivity contribution < 1.29 is 14.0 Å². The molecule has 3 heterocycles. The van der Waals surface area contributed by atoms with Gasteiger partial charge in [-0.2, -0.15) is 5.10 Å². The standard InChI is InChI=1S/C15H20BN3O3/c1-14(2)15(3,4)22-16(21-14)11-9-18-19(10-11)12-6-7-17-13(8-12)20-5/h6-10H,1-5H3. The number of hydrogen-bond donors (Lipinski definition) is 0. The summed E-state index contributed by atoms with van der Waals surface area (Å²) in [7, 11) is 1.17. The van der Waals surface area contributed by atoms with Crippen molar-refractivity contribution in [3.05, 3.63) is 30.7 Å². The average molecular weight is 301 g/mol. The normalized spacial score (nSPS) is 19.4. The number of ether oxygens (including phenoxy) is 1. The van der Waals surface area contributed by atoms with Crippen LogP contribution < -0.4 is 10.2 Å². The molecule has 1 saturated heterocycles. The zero-order valence-electron chi connectivity index (χ0n) is 13.5. The zero-order chi connectivity index (χ0) is 16.0. The molecular weight excluding hydrogens is 281 g/mol. The van der Waals surface area contributed by atoms with E-state index in [1.54, 1.807) is 24.2 Å². The Bertz CT molecular complexity index is 668. The lowest BCUT2D eigenvalue weighted by atomic mass is 9.82. The third kappa shape index (κ3) is 2.50. The Labute approximate surface area is 130 Å². The average Bonchev–Trinajstić information content (AvgIpc) is 3.02. The number of methoxy groups -OCH3 is 1. The van der Waals surface area contributed by atoms with Gasteiger partial charge in [-0.25, -0.2) is 9.67 Å². The first kappa shape index (κ1) is 15.1. The van der Waals surface area contributed by atoms with Gasteiger partial charge in [-0.1, -0.05) is 0 Å². The van der Waals surface area contributed by atoms with Gasteiger partial charge in [0.15, 0.2) is 0 Å². The van der Waals surface area contributed by atoms with E-state index in [1.807, 2.05) is 46.0 Å². The van der Waals surface area contributed by atoms with E-state index in [-0.39, 0.29) is 11.2 Å². The number of nitrogens with zero attached hydrogens (tertiary/aromatic N) is 3. The summed E-state index contributed by atoms with van der Waals surface area (Å²) in [4.78, 5) is 4.09. The van der Waals surface area contributed by atoms with Gasteiger partial charge in [-0.3, -0.25) is 0 Å². The van der Waals surface area contributed by atoms with Crippen LogP contribution in [0.5, 0.6) is 5.88 Å². The fraction of sp³-hybridized carbons (Fsp3) is 0.467. The minimum Gasteiger partial charge on any atom is -0.481 e. The lowest BCUT2D eigenvalue weighted by Crippen LogP contribution is -2.41. The number of pyridine rings is 1. The minimum atomic E-state index is -0.414. The monoisotopic (exact) mass is 301 g/mol. The van der Waals surface area contributed by atoms with Crippen LogP contribution in [-0.4, -0.2) is 40.2 Å². The van der Waals surface area contributed by atoms with E-state index in [0.29, 0.717) is 5.88 Å². The highest BCUT2D eigenvalue weighted by atomic mass is 16.7. The van der Waals surface area contributed by atoms with Crippen molar-refractivity contribution in [2.75, 3.05) is 7.11 Å². The van der Waals surface area contributed by atoms with Crippen LogP contribution in [0.3, 0.4) is 0 Å². The highest BCUT2D eigenvalue weighted by molar-refractivity contribution is 6.62. The molecule has 116 valence electrons. The maximum atomic E-state index is 6.03. The van der Waals surface area contributed by atoms with Gasteiger partial charge in [-0.05, 0) is 33.8 Å². The van der Waals surface area contributed by atoms with Crippen molar-refractivity contribution in [2.45, 2.75) is 38.9 Å². The van der Waals surface area contributed by atoms with E-state index >= 15 is 0 Å². The molecule has 22 heavy (non-hydrogen) atoms. The Hall–Kier alpha value is -1.86. The fourth-order valence-electron chi connectivity index (χ4n) is 2.23. The van der Waals surface area contributed by atoms with Crippen molar-refractivity contribution in [3.8, 4) is 11.6 Å². The van der Waals surface area contributed by atoms with E-state index in [9.17, 15) is 0 Å². The van der Waals surface area contributed by atoms with Crippen LogP contribution in [0.25, 0.3) is 5.69 Å². The van der Waals surface area contributed by atoms with Gasteiger partial charge in [0.05, 0.1) is 24.0 Å². The summed E-state index contributed by atoms with van der Waals surface area (Å²) < 4.78 is 19.0. The van der Waals surface area contributed by atoms with Crippen LogP contribution in [0.2, 0.25) is 0 Å². The molecule has 0 amide bonds. The maximum Gasteiger partial charge on any atom is 0.498 e. The minimum absolute atomic E-state index is 0.361. The molecule has 2 aromatic rings. The SMILES string of the molecule is COc1cc(-n2cc(B3OC(C)(C)C(C)(C)O3)cn2)ccn1. The predicted molar refractivity (Wildman–Crippen MR) is 83.6 cm³/mol. The van der Waals surface area contributed by atoms with E-state index in [2.05, 4.69) is 10.1 Å². The summed E-state index contributed by atoms with van der Waals surface area (Å²) in [6.07, 6.45) is 5.34. The lowest BCUT2D eigenvalue weighted by molar-refractivity contribution is 0.00578. The second kappa shape index (κ2) is 5.10. The van der Waals surface area contributed by atoms with Crippen LogP contribution >= 0.6 is 0 Å². The van der Waals surface area contributed by atoms with Gasteiger partial charge in [0.1, 0.15) is 0 Å². The summed E-state index contributed by atoms with van der Waals surface area (Å²) in [5, 5.41) is 4.38. The molecule has 0 radical (unpaired) electrons. The summed E-state index contributed by atoms with van der Waals surface area (Å²) in [6, 6.07) is 3.69. The summed E-state index contributed by atoms with van der Waals surface area (Å²) >= 11 is 0. The highest BCUT2D eigenvalue weighted by Crippen LogP contribution is 2.36. The van der Waals surface area contributed by atoms with E-state index in [1.165, 1.54) is 0 Å². The first-order valence-corrected chi connectivity index (χ1v) is 7.23. The fourth-order valence-corrected chi connectivity index (χ4v) is 2.23. The molecule has 0 N–H and O–H groups in total. The smallest absolute Gasteiger partial charge is 0.481 e. The van der Waals surface area contributed by atoms with Crippen molar-refractivity contribution in [1.82, 2.24) is 14.8 Å². The summed E-state index contributed by atoms with van der Waals surface area (Å²) in [5.41, 5.74) is 1.03. The third-order valence-corrected chi connectivity index (χ3v) is 4.32.